The van der Waals surface area contributed by atoms with Gasteiger partial charge in [-0.2, -0.15) is 5.10 Å². The Labute approximate surface area is 239 Å². The van der Waals surface area contributed by atoms with Crippen molar-refractivity contribution in [2.24, 2.45) is 0 Å². The fraction of sp³-hybridized carbons (Fsp3) is 0.273. The summed E-state index contributed by atoms with van der Waals surface area (Å²) in [5.74, 6) is 0.630. The van der Waals surface area contributed by atoms with Crippen LogP contribution in [0.25, 0.3) is 16.7 Å². The lowest BCUT2D eigenvalue weighted by molar-refractivity contribution is -0.133. The van der Waals surface area contributed by atoms with E-state index in [4.69, 9.17) is 4.98 Å². The normalized spacial score (nSPS) is 14.2. The molecule has 41 heavy (non-hydrogen) atoms. The van der Waals surface area contributed by atoms with E-state index in [0.717, 1.165) is 24.3 Å². The molecule has 1 amide bonds. The molecule has 0 N–H and O–H groups in total. The summed E-state index contributed by atoms with van der Waals surface area (Å²) < 4.78 is 3.29. The fourth-order valence-corrected chi connectivity index (χ4v) is 5.72. The fourth-order valence-electron chi connectivity index (χ4n) is 5.72. The van der Waals surface area contributed by atoms with Gasteiger partial charge >= 0.3 is 0 Å². The minimum atomic E-state index is -0.169. The summed E-state index contributed by atoms with van der Waals surface area (Å²) in [6.45, 7) is 7.01. The molecule has 1 saturated heterocycles. The highest BCUT2D eigenvalue weighted by Crippen LogP contribution is 2.29. The molecule has 3 heterocycles. The smallest absolute Gasteiger partial charge is 0.264 e. The van der Waals surface area contributed by atoms with Crippen molar-refractivity contribution in [1.29, 1.82) is 0 Å². The van der Waals surface area contributed by atoms with Gasteiger partial charge in [-0.25, -0.2) is 9.67 Å². The van der Waals surface area contributed by atoms with Crippen LogP contribution in [0.3, 0.4) is 0 Å². The summed E-state index contributed by atoms with van der Waals surface area (Å²) in [4.78, 5) is 35.7. The van der Waals surface area contributed by atoms with Crippen molar-refractivity contribution in [3.8, 4) is 5.69 Å². The summed E-state index contributed by atoms with van der Waals surface area (Å²) in [6, 6.07) is 29.2. The lowest BCUT2D eigenvalue weighted by atomic mass is 9.96. The Morgan fingerprint density at radius 3 is 2.05 bits per heavy atom. The molecule has 0 aliphatic carbocycles. The highest BCUT2D eigenvalue weighted by atomic mass is 16.2. The van der Waals surface area contributed by atoms with Crippen LogP contribution in [0.4, 0.5) is 0 Å². The molecule has 208 valence electrons. The molecule has 1 aliphatic rings. The first-order valence-electron chi connectivity index (χ1n) is 14.1. The Balaban J connectivity index is 1.13. The second-order valence-electron chi connectivity index (χ2n) is 10.6. The monoisotopic (exact) mass is 546 g/mol. The van der Waals surface area contributed by atoms with Gasteiger partial charge in [0, 0.05) is 39.1 Å². The van der Waals surface area contributed by atoms with Crippen LogP contribution in [0.15, 0.2) is 95.9 Å². The van der Waals surface area contributed by atoms with Crippen LogP contribution in [-0.2, 0) is 11.3 Å². The average Bonchev–Trinajstić information content (AvgIpc) is 3.43. The van der Waals surface area contributed by atoms with Crippen LogP contribution in [-0.4, -0.2) is 61.2 Å². The number of piperazine rings is 1. The number of amides is 1. The van der Waals surface area contributed by atoms with Gasteiger partial charge in [-0.15, -0.1) is 0 Å². The van der Waals surface area contributed by atoms with Crippen molar-refractivity contribution in [3.05, 3.63) is 124 Å². The van der Waals surface area contributed by atoms with Gasteiger partial charge < -0.3 is 4.90 Å². The number of nitrogens with zero attached hydrogens (tertiary/aromatic N) is 6. The van der Waals surface area contributed by atoms with E-state index < -0.39 is 0 Å². The standard InChI is InChI=1S/C33H34N6O2/c1-24-13-15-28(16-14-24)39-32-29(23-34-39)33(41)38(25(2)35-32)18-17-30(40)36-19-21-37(22-20-36)31(26-9-5-3-6-10-26)27-11-7-4-8-12-27/h3-16,23,31H,17-22H2,1-2H3. The zero-order valence-corrected chi connectivity index (χ0v) is 23.5. The van der Waals surface area contributed by atoms with E-state index in [1.807, 2.05) is 55.1 Å². The molecular weight excluding hydrogens is 512 g/mol. The molecule has 5 aromatic rings. The number of aromatic nitrogens is 4. The first-order chi connectivity index (χ1) is 20.0. The van der Waals surface area contributed by atoms with E-state index in [9.17, 15) is 9.59 Å². The second-order valence-corrected chi connectivity index (χ2v) is 10.6. The highest BCUT2D eigenvalue weighted by Gasteiger charge is 2.28. The summed E-state index contributed by atoms with van der Waals surface area (Å²) >= 11 is 0. The molecule has 3 aromatic carbocycles. The predicted octanol–water partition coefficient (Wildman–Crippen LogP) is 4.52. The number of benzene rings is 3. The summed E-state index contributed by atoms with van der Waals surface area (Å²) in [5.41, 5.74) is 4.86. The van der Waals surface area contributed by atoms with Crippen LogP contribution < -0.4 is 5.56 Å². The molecule has 6 rings (SSSR count). The molecule has 0 radical (unpaired) electrons. The Bertz CT molecular complexity index is 1660. The second kappa shape index (κ2) is 11.5. The summed E-state index contributed by atoms with van der Waals surface area (Å²) in [5, 5.41) is 4.88. The number of hydrogen-bond acceptors (Lipinski definition) is 5. The SMILES string of the molecule is Cc1ccc(-n2ncc3c(=O)n(CCC(=O)N4CCN(C(c5ccccc5)c5ccccc5)CC4)c(C)nc32)cc1. The zero-order valence-electron chi connectivity index (χ0n) is 23.5. The highest BCUT2D eigenvalue weighted by molar-refractivity contribution is 5.77. The van der Waals surface area contributed by atoms with Crippen molar-refractivity contribution in [2.75, 3.05) is 26.2 Å². The van der Waals surface area contributed by atoms with Crippen molar-refractivity contribution in [2.45, 2.75) is 32.9 Å². The zero-order chi connectivity index (χ0) is 28.3. The topological polar surface area (TPSA) is 76.3 Å². The van der Waals surface area contributed by atoms with Crippen molar-refractivity contribution >= 4 is 16.9 Å². The molecule has 1 fully saturated rings. The summed E-state index contributed by atoms with van der Waals surface area (Å²) in [6.07, 6.45) is 1.82. The average molecular weight is 547 g/mol. The number of aryl methyl sites for hydroxylation is 2. The molecule has 2 aromatic heterocycles. The van der Waals surface area contributed by atoms with E-state index >= 15 is 0 Å². The Morgan fingerprint density at radius 2 is 1.44 bits per heavy atom. The van der Waals surface area contributed by atoms with E-state index in [1.54, 1.807) is 15.4 Å². The Hall–Kier alpha value is -4.56. The van der Waals surface area contributed by atoms with E-state index in [2.05, 4.69) is 58.5 Å². The van der Waals surface area contributed by atoms with Crippen LogP contribution >= 0.6 is 0 Å². The molecule has 0 saturated carbocycles. The molecule has 0 unspecified atom stereocenters. The minimum Gasteiger partial charge on any atom is -0.340 e. The van der Waals surface area contributed by atoms with Gasteiger partial charge in [0.1, 0.15) is 11.2 Å². The van der Waals surface area contributed by atoms with Gasteiger partial charge in [-0.3, -0.25) is 19.1 Å². The van der Waals surface area contributed by atoms with Crippen LogP contribution in [0.2, 0.25) is 0 Å². The minimum absolute atomic E-state index is 0.0577. The third kappa shape index (κ3) is 5.43. The maximum atomic E-state index is 13.4. The largest absolute Gasteiger partial charge is 0.340 e. The van der Waals surface area contributed by atoms with Crippen molar-refractivity contribution < 1.29 is 4.79 Å². The van der Waals surface area contributed by atoms with Gasteiger partial charge in [0.2, 0.25) is 5.91 Å². The van der Waals surface area contributed by atoms with E-state index in [0.29, 0.717) is 36.5 Å². The molecule has 0 atom stereocenters. The maximum Gasteiger partial charge on any atom is 0.264 e. The van der Waals surface area contributed by atoms with Gasteiger partial charge in [0.25, 0.3) is 5.56 Å². The predicted molar refractivity (Wildman–Crippen MR) is 160 cm³/mol. The first kappa shape index (κ1) is 26.7. The third-order valence-electron chi connectivity index (χ3n) is 7.97. The molecule has 1 aliphatic heterocycles. The van der Waals surface area contributed by atoms with Gasteiger partial charge in [-0.1, -0.05) is 78.4 Å². The molecule has 0 spiro atoms. The van der Waals surface area contributed by atoms with Crippen LogP contribution in [0.5, 0.6) is 0 Å². The lowest BCUT2D eigenvalue weighted by Gasteiger charge is -2.40. The van der Waals surface area contributed by atoms with Crippen molar-refractivity contribution in [3.63, 3.8) is 0 Å². The quantitative estimate of drug-likeness (QED) is 0.300. The number of carbonyl (C=O) groups excluding carboxylic acids is 1. The summed E-state index contributed by atoms with van der Waals surface area (Å²) in [7, 11) is 0. The third-order valence-corrected chi connectivity index (χ3v) is 7.97. The number of rotatable bonds is 7. The van der Waals surface area contributed by atoms with Gasteiger partial charge in [0.05, 0.1) is 17.9 Å². The lowest BCUT2D eigenvalue weighted by Crippen LogP contribution is -2.50. The van der Waals surface area contributed by atoms with Crippen molar-refractivity contribution in [1.82, 2.24) is 29.1 Å². The maximum absolute atomic E-state index is 13.4. The van der Waals surface area contributed by atoms with Crippen LogP contribution in [0, 0.1) is 13.8 Å². The Kier molecular flexibility index (Phi) is 7.48. The molecule has 8 heteroatoms. The molecule has 0 bridgehead atoms. The first-order valence-corrected chi connectivity index (χ1v) is 14.1. The van der Waals surface area contributed by atoms with E-state index in [-0.39, 0.29) is 23.9 Å². The Morgan fingerprint density at radius 1 is 0.829 bits per heavy atom. The molecular formula is C33H34N6O2. The van der Waals surface area contributed by atoms with Crippen LogP contribution in [0.1, 0.15) is 35.0 Å². The molecule has 8 nitrogen and oxygen atoms in total. The van der Waals surface area contributed by atoms with Gasteiger partial charge in [-0.05, 0) is 37.1 Å². The van der Waals surface area contributed by atoms with Gasteiger partial charge in [0.15, 0.2) is 5.65 Å². The van der Waals surface area contributed by atoms with E-state index in [1.165, 1.54) is 11.1 Å². The number of fused-ring (bicyclic) bond motifs is 1. The number of carbonyl (C=O) groups is 1. The number of hydrogen-bond donors (Lipinski definition) is 0.